The Hall–Kier alpha value is -2.51. The number of likely N-dealkylation sites (tertiary alicyclic amines) is 1. The number of piperidine rings is 1. The zero-order valence-corrected chi connectivity index (χ0v) is 12.3. The molecule has 1 aliphatic heterocycles. The van der Waals surface area contributed by atoms with Crippen molar-refractivity contribution < 1.29 is 27.9 Å². The van der Waals surface area contributed by atoms with E-state index in [1.165, 1.54) is 4.90 Å². The fourth-order valence-electron chi connectivity index (χ4n) is 2.36. The number of carbonyl (C=O) groups is 3. The van der Waals surface area contributed by atoms with Crippen molar-refractivity contribution in [3.8, 4) is 0 Å². The number of nitrogens with two attached hydrogens (primary N) is 1. The zero-order chi connectivity index (χ0) is 17.0. The Bertz CT molecular complexity index is 636. The highest BCUT2D eigenvalue weighted by Crippen LogP contribution is 2.16. The van der Waals surface area contributed by atoms with Crippen LogP contribution in [0.2, 0.25) is 0 Å². The normalized spacial score (nSPS) is 17.7. The highest BCUT2D eigenvalue weighted by Gasteiger charge is 2.27. The minimum Gasteiger partial charge on any atom is -0.452 e. The lowest BCUT2D eigenvalue weighted by atomic mass is 9.97. The van der Waals surface area contributed by atoms with Gasteiger partial charge in [-0.15, -0.1) is 0 Å². The lowest BCUT2D eigenvalue weighted by Gasteiger charge is -2.31. The molecule has 1 heterocycles. The number of amides is 2. The van der Waals surface area contributed by atoms with Crippen LogP contribution in [0.1, 0.15) is 23.2 Å². The summed E-state index contributed by atoms with van der Waals surface area (Å²) < 4.78 is 30.6. The minimum absolute atomic E-state index is 0.189. The first kappa shape index (κ1) is 16.9. The fourth-order valence-corrected chi connectivity index (χ4v) is 2.36. The third-order valence-electron chi connectivity index (χ3n) is 3.66. The number of nitrogens with zero attached hydrogens (tertiary/aromatic N) is 1. The Balaban J connectivity index is 1.89. The number of ether oxygens (including phenoxy) is 1. The summed E-state index contributed by atoms with van der Waals surface area (Å²) >= 11 is 0. The first-order chi connectivity index (χ1) is 10.9. The van der Waals surface area contributed by atoms with Crippen LogP contribution in [0.5, 0.6) is 0 Å². The van der Waals surface area contributed by atoms with Gasteiger partial charge >= 0.3 is 5.97 Å². The number of esters is 1. The van der Waals surface area contributed by atoms with Crippen LogP contribution in [0.15, 0.2) is 18.2 Å². The Morgan fingerprint density at radius 2 is 2.00 bits per heavy atom. The summed E-state index contributed by atoms with van der Waals surface area (Å²) in [4.78, 5) is 36.3. The maximum Gasteiger partial charge on any atom is 0.338 e. The molecule has 0 radical (unpaired) electrons. The molecule has 0 aliphatic carbocycles. The lowest BCUT2D eigenvalue weighted by Crippen LogP contribution is -2.45. The first-order valence-electron chi connectivity index (χ1n) is 7.07. The molecule has 0 unspecified atom stereocenters. The number of halogens is 2. The Kier molecular flexibility index (Phi) is 5.25. The van der Waals surface area contributed by atoms with Gasteiger partial charge in [0.1, 0.15) is 0 Å². The van der Waals surface area contributed by atoms with E-state index in [1.807, 2.05) is 0 Å². The summed E-state index contributed by atoms with van der Waals surface area (Å²) in [7, 11) is 0. The maximum absolute atomic E-state index is 13.0. The summed E-state index contributed by atoms with van der Waals surface area (Å²) in [5.41, 5.74) is 5.04. The zero-order valence-electron chi connectivity index (χ0n) is 12.3. The third-order valence-corrected chi connectivity index (χ3v) is 3.66. The van der Waals surface area contributed by atoms with Gasteiger partial charge in [-0.2, -0.15) is 0 Å². The largest absolute Gasteiger partial charge is 0.452 e. The SMILES string of the molecule is NC(=O)[C@H]1CCCN(C(=O)COC(=O)c2ccc(F)c(F)c2)C1. The van der Waals surface area contributed by atoms with E-state index in [1.54, 1.807) is 0 Å². The number of hydrogen-bond acceptors (Lipinski definition) is 4. The molecule has 1 aromatic carbocycles. The molecule has 0 aromatic heterocycles. The molecular weight excluding hydrogens is 310 g/mol. The molecule has 1 atom stereocenters. The molecule has 0 saturated carbocycles. The molecule has 2 rings (SSSR count). The van der Waals surface area contributed by atoms with Crippen molar-refractivity contribution in [1.82, 2.24) is 4.90 Å². The van der Waals surface area contributed by atoms with E-state index in [9.17, 15) is 23.2 Å². The van der Waals surface area contributed by atoms with E-state index in [2.05, 4.69) is 0 Å². The van der Waals surface area contributed by atoms with Gasteiger partial charge in [0.25, 0.3) is 5.91 Å². The number of benzene rings is 1. The van der Waals surface area contributed by atoms with Gasteiger partial charge in [0.05, 0.1) is 11.5 Å². The smallest absolute Gasteiger partial charge is 0.338 e. The molecule has 1 fully saturated rings. The van der Waals surface area contributed by atoms with E-state index < -0.39 is 41.9 Å². The molecule has 1 aliphatic rings. The molecule has 2 amide bonds. The van der Waals surface area contributed by atoms with Crippen LogP contribution < -0.4 is 5.73 Å². The standard InChI is InChI=1S/C15H16F2N2O4/c16-11-4-3-9(6-12(11)17)15(22)23-8-13(20)19-5-1-2-10(7-19)14(18)21/h3-4,6,10H,1-2,5,7-8H2,(H2,18,21)/t10-/m0/s1. The monoisotopic (exact) mass is 326 g/mol. The fraction of sp³-hybridized carbons (Fsp3) is 0.400. The van der Waals surface area contributed by atoms with E-state index in [-0.39, 0.29) is 12.1 Å². The van der Waals surface area contributed by atoms with Crippen LogP contribution >= 0.6 is 0 Å². The van der Waals surface area contributed by atoms with E-state index in [0.29, 0.717) is 25.5 Å². The second-order valence-electron chi connectivity index (χ2n) is 5.29. The summed E-state index contributed by atoms with van der Waals surface area (Å²) in [5, 5.41) is 0. The van der Waals surface area contributed by atoms with E-state index in [4.69, 9.17) is 10.5 Å². The number of primary amides is 1. The van der Waals surface area contributed by atoms with Crippen LogP contribution in [-0.4, -0.2) is 42.4 Å². The quantitative estimate of drug-likeness (QED) is 0.831. The highest BCUT2D eigenvalue weighted by molar-refractivity contribution is 5.91. The summed E-state index contributed by atoms with van der Waals surface area (Å²) in [6, 6.07) is 2.57. The van der Waals surface area contributed by atoms with Crippen molar-refractivity contribution in [2.75, 3.05) is 19.7 Å². The number of carbonyl (C=O) groups excluding carboxylic acids is 3. The topological polar surface area (TPSA) is 89.7 Å². The first-order valence-corrected chi connectivity index (χ1v) is 7.07. The van der Waals surface area contributed by atoms with E-state index >= 15 is 0 Å². The average molecular weight is 326 g/mol. The minimum atomic E-state index is -1.17. The van der Waals surface area contributed by atoms with Crippen molar-refractivity contribution in [1.29, 1.82) is 0 Å². The predicted molar refractivity (Wildman–Crippen MR) is 75.1 cm³/mol. The second-order valence-corrected chi connectivity index (χ2v) is 5.29. The molecule has 124 valence electrons. The van der Waals surface area contributed by atoms with Crippen LogP contribution in [0.25, 0.3) is 0 Å². The molecule has 0 bridgehead atoms. The average Bonchev–Trinajstić information content (AvgIpc) is 2.54. The van der Waals surface area contributed by atoms with Gasteiger partial charge in [-0.25, -0.2) is 13.6 Å². The van der Waals surface area contributed by atoms with Crippen LogP contribution in [0, 0.1) is 17.6 Å². The Morgan fingerprint density at radius 1 is 1.26 bits per heavy atom. The van der Waals surface area contributed by atoms with Gasteiger partial charge in [0.15, 0.2) is 18.2 Å². The van der Waals surface area contributed by atoms with Gasteiger partial charge in [-0.05, 0) is 31.0 Å². The predicted octanol–water partition coefficient (Wildman–Crippen LogP) is 0.845. The lowest BCUT2D eigenvalue weighted by molar-refractivity contribution is -0.137. The molecule has 1 aromatic rings. The van der Waals surface area contributed by atoms with Crippen LogP contribution in [0.4, 0.5) is 8.78 Å². The summed E-state index contributed by atoms with van der Waals surface area (Å²) in [5.74, 6) is -4.53. The number of hydrogen-bond donors (Lipinski definition) is 1. The van der Waals surface area contributed by atoms with Gasteiger partial charge in [-0.3, -0.25) is 9.59 Å². The Morgan fingerprint density at radius 3 is 2.65 bits per heavy atom. The van der Waals surface area contributed by atoms with Crippen LogP contribution in [0.3, 0.4) is 0 Å². The molecule has 6 nitrogen and oxygen atoms in total. The molecular formula is C15H16F2N2O4. The van der Waals surface area contributed by atoms with Crippen molar-refractivity contribution in [2.45, 2.75) is 12.8 Å². The van der Waals surface area contributed by atoms with Crippen LogP contribution in [-0.2, 0) is 14.3 Å². The second kappa shape index (κ2) is 7.17. The van der Waals surface area contributed by atoms with Gasteiger partial charge in [0, 0.05) is 13.1 Å². The molecule has 23 heavy (non-hydrogen) atoms. The van der Waals surface area contributed by atoms with Gasteiger partial charge in [-0.1, -0.05) is 0 Å². The van der Waals surface area contributed by atoms with Gasteiger partial charge in [0.2, 0.25) is 5.91 Å². The van der Waals surface area contributed by atoms with Crippen molar-refractivity contribution in [3.63, 3.8) is 0 Å². The van der Waals surface area contributed by atoms with Crippen molar-refractivity contribution in [2.24, 2.45) is 11.7 Å². The summed E-state index contributed by atoms with van der Waals surface area (Å²) in [6.07, 6.45) is 1.25. The molecule has 0 spiro atoms. The number of rotatable bonds is 4. The van der Waals surface area contributed by atoms with Crippen molar-refractivity contribution in [3.05, 3.63) is 35.4 Å². The Labute approximate surface area is 131 Å². The highest BCUT2D eigenvalue weighted by atomic mass is 19.2. The molecule has 1 saturated heterocycles. The maximum atomic E-state index is 13.0. The molecule has 2 N–H and O–H groups in total. The third kappa shape index (κ3) is 4.24. The van der Waals surface area contributed by atoms with Crippen molar-refractivity contribution >= 4 is 17.8 Å². The van der Waals surface area contributed by atoms with E-state index in [0.717, 1.165) is 12.1 Å². The molecule has 8 heteroatoms. The summed E-state index contributed by atoms with van der Waals surface area (Å²) in [6.45, 7) is 0.103. The van der Waals surface area contributed by atoms with Gasteiger partial charge < -0.3 is 15.4 Å².